The number of methoxy groups -OCH3 is 1. The van der Waals surface area contributed by atoms with E-state index in [2.05, 4.69) is 10.6 Å². The third-order valence-corrected chi connectivity index (χ3v) is 2.64. The Morgan fingerprint density at radius 2 is 2.16 bits per heavy atom. The molecule has 0 radical (unpaired) electrons. The first-order chi connectivity index (χ1) is 8.58. The number of hydrogen-bond donors (Lipinski definition) is 2. The second-order valence-electron chi connectivity index (χ2n) is 4.15. The van der Waals surface area contributed by atoms with Crippen molar-refractivity contribution >= 4 is 18.3 Å². The van der Waals surface area contributed by atoms with Crippen LogP contribution in [0.15, 0.2) is 18.2 Å². The van der Waals surface area contributed by atoms with Crippen molar-refractivity contribution in [3.8, 4) is 5.75 Å². The van der Waals surface area contributed by atoms with Crippen molar-refractivity contribution in [3.63, 3.8) is 0 Å². The normalized spacial score (nSPS) is 11.4. The zero-order valence-corrected chi connectivity index (χ0v) is 12.1. The lowest BCUT2D eigenvalue weighted by atomic mass is 10.1. The topological polar surface area (TPSA) is 50.4 Å². The standard InChI is InChI=1S/C13H19FN2O2.ClH/c1-9(7-15-2)13(17)16-8-10-4-5-12(18-3)11(14)6-10;/h4-6,9,15H,7-8H2,1-3H3,(H,16,17);1H. The van der Waals surface area contributed by atoms with E-state index in [0.717, 1.165) is 0 Å². The third kappa shape index (κ3) is 5.44. The molecule has 1 aromatic carbocycles. The third-order valence-electron chi connectivity index (χ3n) is 2.64. The summed E-state index contributed by atoms with van der Waals surface area (Å²) < 4.78 is 18.2. The van der Waals surface area contributed by atoms with Crippen LogP contribution >= 0.6 is 12.4 Å². The molecule has 108 valence electrons. The Kier molecular flexibility index (Phi) is 8.11. The molecule has 1 rings (SSSR count). The molecule has 0 bridgehead atoms. The van der Waals surface area contributed by atoms with Crippen molar-refractivity contribution in [1.29, 1.82) is 0 Å². The summed E-state index contributed by atoms with van der Waals surface area (Å²) in [5, 5.41) is 5.70. The number of ether oxygens (including phenoxy) is 1. The molecule has 0 heterocycles. The molecule has 4 nitrogen and oxygen atoms in total. The van der Waals surface area contributed by atoms with Gasteiger partial charge in [-0.25, -0.2) is 4.39 Å². The van der Waals surface area contributed by atoms with Gasteiger partial charge in [0.25, 0.3) is 0 Å². The van der Waals surface area contributed by atoms with Crippen LogP contribution in [0.25, 0.3) is 0 Å². The molecule has 0 spiro atoms. The van der Waals surface area contributed by atoms with E-state index in [-0.39, 0.29) is 30.0 Å². The van der Waals surface area contributed by atoms with E-state index < -0.39 is 5.82 Å². The number of benzene rings is 1. The monoisotopic (exact) mass is 290 g/mol. The van der Waals surface area contributed by atoms with E-state index >= 15 is 0 Å². The van der Waals surface area contributed by atoms with Gasteiger partial charge in [0, 0.05) is 19.0 Å². The maximum Gasteiger partial charge on any atom is 0.224 e. The molecule has 1 aromatic rings. The van der Waals surface area contributed by atoms with Gasteiger partial charge in [-0.2, -0.15) is 0 Å². The Hall–Kier alpha value is -1.33. The summed E-state index contributed by atoms with van der Waals surface area (Å²) in [6, 6.07) is 4.64. The van der Waals surface area contributed by atoms with Crippen LogP contribution < -0.4 is 15.4 Å². The highest BCUT2D eigenvalue weighted by Gasteiger charge is 2.11. The molecular weight excluding hydrogens is 271 g/mol. The van der Waals surface area contributed by atoms with Gasteiger partial charge in [0.2, 0.25) is 5.91 Å². The van der Waals surface area contributed by atoms with Gasteiger partial charge < -0.3 is 15.4 Å². The molecular formula is C13H20ClFN2O2. The molecule has 1 amide bonds. The molecule has 0 aliphatic rings. The van der Waals surface area contributed by atoms with Crippen molar-refractivity contribution in [1.82, 2.24) is 10.6 Å². The summed E-state index contributed by atoms with van der Waals surface area (Å²) >= 11 is 0. The molecule has 19 heavy (non-hydrogen) atoms. The van der Waals surface area contributed by atoms with Crippen LogP contribution in [0.5, 0.6) is 5.75 Å². The van der Waals surface area contributed by atoms with Crippen molar-refractivity contribution < 1.29 is 13.9 Å². The molecule has 2 N–H and O–H groups in total. The van der Waals surface area contributed by atoms with Gasteiger partial charge in [-0.15, -0.1) is 12.4 Å². The van der Waals surface area contributed by atoms with E-state index in [1.807, 2.05) is 6.92 Å². The zero-order valence-electron chi connectivity index (χ0n) is 11.3. The van der Waals surface area contributed by atoms with Crippen molar-refractivity contribution in [3.05, 3.63) is 29.6 Å². The van der Waals surface area contributed by atoms with Gasteiger partial charge >= 0.3 is 0 Å². The van der Waals surface area contributed by atoms with Crippen LogP contribution in [-0.2, 0) is 11.3 Å². The Morgan fingerprint density at radius 3 is 2.68 bits per heavy atom. The summed E-state index contributed by atoms with van der Waals surface area (Å²) in [7, 11) is 3.21. The average molecular weight is 291 g/mol. The Balaban J connectivity index is 0.00000324. The van der Waals surface area contributed by atoms with Crippen LogP contribution in [0, 0.1) is 11.7 Å². The highest BCUT2D eigenvalue weighted by molar-refractivity contribution is 5.85. The Labute approximate surface area is 119 Å². The number of rotatable bonds is 6. The minimum Gasteiger partial charge on any atom is -0.494 e. The van der Waals surface area contributed by atoms with Crippen LogP contribution in [0.3, 0.4) is 0 Å². The molecule has 0 fully saturated rings. The molecule has 0 saturated carbocycles. The van der Waals surface area contributed by atoms with Crippen LogP contribution in [-0.4, -0.2) is 26.6 Å². The van der Waals surface area contributed by atoms with Crippen LogP contribution in [0.1, 0.15) is 12.5 Å². The SMILES string of the molecule is CNCC(C)C(=O)NCc1ccc(OC)c(F)c1.Cl. The number of carbonyl (C=O) groups excluding carboxylic acids is 1. The maximum absolute atomic E-state index is 13.4. The number of halogens is 2. The second-order valence-corrected chi connectivity index (χ2v) is 4.15. The lowest BCUT2D eigenvalue weighted by Crippen LogP contribution is -2.33. The molecule has 0 aliphatic carbocycles. The van der Waals surface area contributed by atoms with Crippen LogP contribution in [0.4, 0.5) is 4.39 Å². The minimum atomic E-state index is -0.424. The van der Waals surface area contributed by atoms with E-state index in [4.69, 9.17) is 4.74 Å². The highest BCUT2D eigenvalue weighted by Crippen LogP contribution is 2.17. The Bertz CT molecular complexity index is 416. The van der Waals surface area contributed by atoms with Crippen molar-refractivity contribution in [2.45, 2.75) is 13.5 Å². The predicted molar refractivity (Wildman–Crippen MR) is 75.1 cm³/mol. The smallest absolute Gasteiger partial charge is 0.224 e. The van der Waals surface area contributed by atoms with E-state index in [9.17, 15) is 9.18 Å². The minimum absolute atomic E-state index is 0. The van der Waals surface area contributed by atoms with Gasteiger partial charge in [0.05, 0.1) is 7.11 Å². The van der Waals surface area contributed by atoms with Gasteiger partial charge in [-0.05, 0) is 24.7 Å². The summed E-state index contributed by atoms with van der Waals surface area (Å²) in [6.45, 7) is 2.76. The number of hydrogen-bond acceptors (Lipinski definition) is 3. The predicted octanol–water partition coefficient (Wildman–Crippen LogP) is 1.73. The fourth-order valence-electron chi connectivity index (χ4n) is 1.58. The molecule has 6 heteroatoms. The number of amides is 1. The quantitative estimate of drug-likeness (QED) is 0.839. The summed E-state index contributed by atoms with van der Waals surface area (Å²) in [4.78, 5) is 11.6. The average Bonchev–Trinajstić information content (AvgIpc) is 2.36. The first kappa shape index (κ1) is 17.7. The zero-order chi connectivity index (χ0) is 13.5. The first-order valence-corrected chi connectivity index (χ1v) is 5.83. The molecule has 0 aromatic heterocycles. The van der Waals surface area contributed by atoms with Gasteiger partial charge in [0.1, 0.15) is 0 Å². The van der Waals surface area contributed by atoms with Gasteiger partial charge in [-0.3, -0.25) is 4.79 Å². The molecule has 1 atom stereocenters. The van der Waals surface area contributed by atoms with Gasteiger partial charge in [-0.1, -0.05) is 13.0 Å². The van der Waals surface area contributed by atoms with Gasteiger partial charge in [0.15, 0.2) is 11.6 Å². The lowest BCUT2D eigenvalue weighted by molar-refractivity contribution is -0.124. The van der Waals surface area contributed by atoms with E-state index in [1.54, 1.807) is 19.2 Å². The molecule has 0 aliphatic heterocycles. The lowest BCUT2D eigenvalue weighted by Gasteiger charge is -2.12. The largest absolute Gasteiger partial charge is 0.494 e. The van der Waals surface area contributed by atoms with Crippen LogP contribution in [0.2, 0.25) is 0 Å². The van der Waals surface area contributed by atoms with E-state index in [0.29, 0.717) is 18.7 Å². The summed E-state index contributed by atoms with van der Waals surface area (Å²) in [5.41, 5.74) is 0.707. The van der Waals surface area contributed by atoms with Crippen molar-refractivity contribution in [2.75, 3.05) is 20.7 Å². The molecule has 1 unspecified atom stereocenters. The fourth-order valence-corrected chi connectivity index (χ4v) is 1.58. The summed E-state index contributed by atoms with van der Waals surface area (Å²) in [6.07, 6.45) is 0. The molecule has 0 saturated heterocycles. The maximum atomic E-state index is 13.4. The number of nitrogens with one attached hydrogen (secondary N) is 2. The van der Waals surface area contributed by atoms with E-state index in [1.165, 1.54) is 13.2 Å². The van der Waals surface area contributed by atoms with Crippen molar-refractivity contribution in [2.24, 2.45) is 5.92 Å². The number of carbonyl (C=O) groups is 1. The summed E-state index contributed by atoms with van der Waals surface area (Å²) in [5.74, 6) is -0.389. The first-order valence-electron chi connectivity index (χ1n) is 5.83. The highest BCUT2D eigenvalue weighted by atomic mass is 35.5. The Morgan fingerprint density at radius 1 is 1.47 bits per heavy atom. The fraction of sp³-hybridized carbons (Fsp3) is 0.462. The second kappa shape index (κ2) is 8.72.